The van der Waals surface area contributed by atoms with Crippen molar-refractivity contribution >= 4 is 21.4 Å². The Balaban J connectivity index is 2.27. The third-order valence-corrected chi connectivity index (χ3v) is 5.43. The maximum absolute atomic E-state index is 11.9. The molecule has 1 aromatic heterocycles. The van der Waals surface area contributed by atoms with Gasteiger partial charge in [-0.2, -0.15) is 0 Å². The molecule has 5 nitrogen and oxygen atoms in total. The predicted octanol–water partition coefficient (Wildman–Crippen LogP) is 1.73. The van der Waals surface area contributed by atoms with Crippen molar-refractivity contribution in [2.24, 2.45) is 0 Å². The number of aliphatic hydroxyl groups is 1. The molecule has 0 aliphatic rings. The topological polar surface area (TPSA) is 75.6 Å². The van der Waals surface area contributed by atoms with E-state index in [9.17, 15) is 8.42 Å². The number of rotatable bonds is 10. The third-order valence-electron chi connectivity index (χ3n) is 2.48. The molecule has 0 atom stereocenters. The van der Waals surface area contributed by atoms with E-state index in [0.29, 0.717) is 25.1 Å². The van der Waals surface area contributed by atoms with Crippen LogP contribution in [0.3, 0.4) is 0 Å². The largest absolute Gasteiger partial charge is 0.392 e. The molecule has 1 rings (SSSR count). The van der Waals surface area contributed by atoms with E-state index in [1.807, 2.05) is 0 Å². The van der Waals surface area contributed by atoms with Gasteiger partial charge in [-0.3, -0.25) is 0 Å². The van der Waals surface area contributed by atoms with E-state index >= 15 is 0 Å². The second-order valence-corrected chi connectivity index (χ2v) is 7.05. The van der Waals surface area contributed by atoms with Crippen molar-refractivity contribution in [1.29, 1.82) is 0 Å². The SMILES string of the molecule is CCCCOCCCNS(=O)(=O)c1cc(CO)cs1. The van der Waals surface area contributed by atoms with E-state index in [4.69, 9.17) is 9.84 Å². The molecule has 7 heteroatoms. The van der Waals surface area contributed by atoms with Crippen LogP contribution in [0, 0.1) is 0 Å². The summed E-state index contributed by atoms with van der Waals surface area (Å²) in [6.45, 7) is 3.61. The number of hydrogen-bond acceptors (Lipinski definition) is 5. The molecule has 0 radical (unpaired) electrons. The van der Waals surface area contributed by atoms with Crippen LogP contribution >= 0.6 is 11.3 Å². The Morgan fingerprint density at radius 3 is 2.74 bits per heavy atom. The van der Waals surface area contributed by atoms with E-state index in [1.165, 1.54) is 6.07 Å². The predicted molar refractivity (Wildman–Crippen MR) is 75.8 cm³/mol. The Morgan fingerprint density at radius 2 is 2.11 bits per heavy atom. The normalized spacial score (nSPS) is 11.9. The first-order valence-electron chi connectivity index (χ1n) is 6.36. The lowest BCUT2D eigenvalue weighted by atomic mass is 10.4. The molecule has 0 aromatic carbocycles. The monoisotopic (exact) mass is 307 g/mol. The highest BCUT2D eigenvalue weighted by atomic mass is 32.2. The smallest absolute Gasteiger partial charge is 0.250 e. The first-order valence-corrected chi connectivity index (χ1v) is 8.72. The molecule has 1 aromatic rings. The quantitative estimate of drug-likeness (QED) is 0.645. The molecule has 2 N–H and O–H groups in total. The lowest BCUT2D eigenvalue weighted by Crippen LogP contribution is -2.24. The number of aliphatic hydroxyl groups excluding tert-OH is 1. The van der Waals surface area contributed by atoms with Gasteiger partial charge in [0.2, 0.25) is 10.0 Å². The minimum absolute atomic E-state index is 0.142. The summed E-state index contributed by atoms with van der Waals surface area (Å²) in [5.74, 6) is 0. The Kier molecular flexibility index (Phi) is 7.55. The van der Waals surface area contributed by atoms with Gasteiger partial charge in [-0.15, -0.1) is 11.3 Å². The number of nitrogens with one attached hydrogen (secondary N) is 1. The number of unbranched alkanes of at least 4 members (excludes halogenated alkanes) is 1. The van der Waals surface area contributed by atoms with Crippen LogP contribution in [0.1, 0.15) is 31.7 Å². The maximum atomic E-state index is 11.9. The Bertz CT molecular complexity index is 456. The van der Waals surface area contributed by atoms with Gasteiger partial charge in [0.05, 0.1) is 6.61 Å². The highest BCUT2D eigenvalue weighted by Crippen LogP contribution is 2.19. The first kappa shape index (κ1) is 16.6. The number of sulfonamides is 1. The zero-order valence-electron chi connectivity index (χ0n) is 11.1. The van der Waals surface area contributed by atoms with E-state index in [-0.39, 0.29) is 10.8 Å². The van der Waals surface area contributed by atoms with Gasteiger partial charge in [0, 0.05) is 19.8 Å². The van der Waals surface area contributed by atoms with Crippen LogP contribution in [0.25, 0.3) is 0 Å². The van der Waals surface area contributed by atoms with Crippen molar-refractivity contribution in [3.05, 3.63) is 17.0 Å². The van der Waals surface area contributed by atoms with Crippen molar-refractivity contribution in [3.8, 4) is 0 Å². The van der Waals surface area contributed by atoms with Crippen LogP contribution in [0.5, 0.6) is 0 Å². The van der Waals surface area contributed by atoms with Crippen molar-refractivity contribution in [3.63, 3.8) is 0 Å². The fourth-order valence-corrected chi connectivity index (χ4v) is 3.70. The third kappa shape index (κ3) is 6.01. The number of hydrogen-bond donors (Lipinski definition) is 2. The minimum Gasteiger partial charge on any atom is -0.392 e. The zero-order chi connectivity index (χ0) is 14.1. The summed E-state index contributed by atoms with van der Waals surface area (Å²) in [6.07, 6.45) is 2.78. The van der Waals surface area contributed by atoms with E-state index in [2.05, 4.69) is 11.6 Å². The molecule has 0 saturated heterocycles. The van der Waals surface area contributed by atoms with E-state index in [0.717, 1.165) is 30.8 Å². The van der Waals surface area contributed by atoms with Crippen LogP contribution in [-0.4, -0.2) is 33.3 Å². The molecule has 0 aliphatic heterocycles. The highest BCUT2D eigenvalue weighted by Gasteiger charge is 2.15. The fourth-order valence-electron chi connectivity index (χ4n) is 1.38. The fraction of sp³-hybridized carbons (Fsp3) is 0.667. The lowest BCUT2D eigenvalue weighted by Gasteiger charge is -2.05. The van der Waals surface area contributed by atoms with Gasteiger partial charge in [0.25, 0.3) is 0 Å². The lowest BCUT2D eigenvalue weighted by molar-refractivity contribution is 0.130. The Morgan fingerprint density at radius 1 is 1.37 bits per heavy atom. The summed E-state index contributed by atoms with van der Waals surface area (Å²) in [5.41, 5.74) is 0.619. The summed E-state index contributed by atoms with van der Waals surface area (Å²) in [4.78, 5) is 0. The Labute approximate surface area is 118 Å². The van der Waals surface area contributed by atoms with Gasteiger partial charge in [0.15, 0.2) is 0 Å². The summed E-state index contributed by atoms with van der Waals surface area (Å²) in [7, 11) is -3.45. The van der Waals surface area contributed by atoms with Crippen LogP contribution in [0.2, 0.25) is 0 Å². The number of thiophene rings is 1. The second kappa shape index (κ2) is 8.65. The van der Waals surface area contributed by atoms with Crippen molar-refractivity contribution in [1.82, 2.24) is 4.72 Å². The maximum Gasteiger partial charge on any atom is 0.250 e. The van der Waals surface area contributed by atoms with Crippen LogP contribution in [0.15, 0.2) is 15.7 Å². The van der Waals surface area contributed by atoms with Crippen LogP contribution < -0.4 is 4.72 Å². The summed E-state index contributed by atoms with van der Waals surface area (Å²) in [6, 6.07) is 1.49. The standard InChI is InChI=1S/C12H21NO4S2/c1-2-3-6-17-7-4-5-13-19(15,16)12-8-11(9-14)10-18-12/h8,10,13-14H,2-7,9H2,1H3. The molecule has 110 valence electrons. The number of ether oxygens (including phenoxy) is 1. The van der Waals surface area contributed by atoms with E-state index in [1.54, 1.807) is 5.38 Å². The molecule has 0 fully saturated rings. The summed E-state index contributed by atoms with van der Waals surface area (Å²) in [5, 5.41) is 10.5. The molecule has 0 amide bonds. The average molecular weight is 307 g/mol. The van der Waals surface area contributed by atoms with Crippen molar-refractivity contribution < 1.29 is 18.3 Å². The summed E-state index contributed by atoms with van der Waals surface area (Å²) < 4.78 is 31.9. The van der Waals surface area contributed by atoms with Gasteiger partial charge >= 0.3 is 0 Å². The summed E-state index contributed by atoms with van der Waals surface area (Å²) >= 11 is 1.11. The molecule has 0 bridgehead atoms. The molecule has 0 unspecified atom stereocenters. The van der Waals surface area contributed by atoms with Crippen LogP contribution in [-0.2, 0) is 21.4 Å². The van der Waals surface area contributed by atoms with E-state index < -0.39 is 10.0 Å². The average Bonchev–Trinajstić information content (AvgIpc) is 2.87. The van der Waals surface area contributed by atoms with Crippen molar-refractivity contribution in [2.45, 2.75) is 37.0 Å². The molecule has 19 heavy (non-hydrogen) atoms. The van der Waals surface area contributed by atoms with Gasteiger partial charge in [-0.1, -0.05) is 13.3 Å². The molecular formula is C12H21NO4S2. The van der Waals surface area contributed by atoms with Crippen LogP contribution in [0.4, 0.5) is 0 Å². The molecule has 0 spiro atoms. The molecule has 1 heterocycles. The molecule has 0 aliphatic carbocycles. The van der Waals surface area contributed by atoms with Gasteiger partial charge < -0.3 is 9.84 Å². The van der Waals surface area contributed by atoms with Gasteiger partial charge in [-0.05, 0) is 29.9 Å². The zero-order valence-corrected chi connectivity index (χ0v) is 12.7. The van der Waals surface area contributed by atoms with Crippen molar-refractivity contribution in [2.75, 3.05) is 19.8 Å². The molecular weight excluding hydrogens is 286 g/mol. The second-order valence-electron chi connectivity index (χ2n) is 4.15. The minimum atomic E-state index is -3.45. The first-order chi connectivity index (χ1) is 9.10. The van der Waals surface area contributed by atoms with Gasteiger partial charge in [0.1, 0.15) is 4.21 Å². The molecule has 0 saturated carbocycles. The van der Waals surface area contributed by atoms with Gasteiger partial charge in [-0.25, -0.2) is 13.1 Å². The Hall–Kier alpha value is -0.470. The highest BCUT2D eigenvalue weighted by molar-refractivity contribution is 7.91.